The van der Waals surface area contributed by atoms with Crippen LogP contribution in [-0.4, -0.2) is 25.7 Å². The SMILES string of the molecule is COc1cc(CNC(=O)[C@@H]2COc3ccccc3C2)ccc1OC1CCCC1. The standard InChI is InChI=1S/C23H27NO4/c1-26-22-12-16(10-11-21(22)28-19-7-3-4-8-19)14-24-23(25)18-13-17-6-2-5-9-20(17)27-15-18/h2,5-6,9-12,18-19H,3-4,7-8,13-15H2,1H3,(H,24,25)/t18-/m0/s1. The zero-order valence-corrected chi connectivity index (χ0v) is 16.3. The Morgan fingerprint density at radius 2 is 1.96 bits per heavy atom. The summed E-state index contributed by atoms with van der Waals surface area (Å²) in [7, 11) is 1.65. The minimum absolute atomic E-state index is 0.0137. The second-order valence-electron chi connectivity index (χ2n) is 7.55. The molecule has 0 radical (unpaired) electrons. The molecule has 1 N–H and O–H groups in total. The molecule has 0 spiro atoms. The van der Waals surface area contributed by atoms with Crippen LogP contribution < -0.4 is 19.5 Å². The quantitative estimate of drug-likeness (QED) is 0.825. The van der Waals surface area contributed by atoms with Crippen molar-refractivity contribution in [1.82, 2.24) is 5.32 Å². The van der Waals surface area contributed by atoms with Gasteiger partial charge in [-0.05, 0) is 61.4 Å². The van der Waals surface area contributed by atoms with E-state index in [-0.39, 0.29) is 17.9 Å². The first-order valence-electron chi connectivity index (χ1n) is 10.0. The van der Waals surface area contributed by atoms with Gasteiger partial charge in [0.15, 0.2) is 11.5 Å². The maximum atomic E-state index is 12.6. The molecule has 1 heterocycles. The fourth-order valence-corrected chi connectivity index (χ4v) is 3.94. The van der Waals surface area contributed by atoms with Crippen molar-refractivity contribution in [2.45, 2.75) is 44.8 Å². The Labute approximate surface area is 166 Å². The van der Waals surface area contributed by atoms with E-state index in [1.54, 1.807) is 7.11 Å². The van der Waals surface area contributed by atoms with Crippen LogP contribution in [0.2, 0.25) is 0 Å². The molecule has 4 rings (SSSR count). The smallest absolute Gasteiger partial charge is 0.227 e. The van der Waals surface area contributed by atoms with E-state index in [2.05, 4.69) is 5.32 Å². The number of nitrogens with one attached hydrogen (secondary N) is 1. The predicted molar refractivity (Wildman–Crippen MR) is 107 cm³/mol. The van der Waals surface area contributed by atoms with Crippen molar-refractivity contribution in [1.29, 1.82) is 0 Å². The highest BCUT2D eigenvalue weighted by molar-refractivity contribution is 5.79. The van der Waals surface area contributed by atoms with Gasteiger partial charge in [-0.25, -0.2) is 0 Å². The summed E-state index contributed by atoms with van der Waals surface area (Å²) in [6.07, 6.45) is 5.66. The Hall–Kier alpha value is -2.69. The molecule has 1 aliphatic heterocycles. The summed E-state index contributed by atoms with van der Waals surface area (Å²) >= 11 is 0. The highest BCUT2D eigenvalue weighted by Crippen LogP contribution is 2.32. The fraction of sp³-hybridized carbons (Fsp3) is 0.435. The van der Waals surface area contributed by atoms with Gasteiger partial charge in [-0.2, -0.15) is 0 Å². The van der Waals surface area contributed by atoms with Crippen molar-refractivity contribution < 1.29 is 19.0 Å². The second-order valence-corrected chi connectivity index (χ2v) is 7.55. The summed E-state index contributed by atoms with van der Waals surface area (Å²) < 4.78 is 17.3. The molecule has 0 unspecified atom stereocenters. The van der Waals surface area contributed by atoms with Crippen molar-refractivity contribution in [3.05, 3.63) is 53.6 Å². The highest BCUT2D eigenvalue weighted by atomic mass is 16.5. The molecule has 0 bridgehead atoms. The van der Waals surface area contributed by atoms with Crippen LogP contribution in [0.25, 0.3) is 0 Å². The topological polar surface area (TPSA) is 56.8 Å². The molecule has 148 valence electrons. The number of benzene rings is 2. The number of fused-ring (bicyclic) bond motifs is 1. The zero-order valence-electron chi connectivity index (χ0n) is 16.3. The summed E-state index contributed by atoms with van der Waals surface area (Å²) in [6, 6.07) is 13.8. The molecule has 1 aliphatic carbocycles. The largest absolute Gasteiger partial charge is 0.493 e. The molecule has 2 aromatic rings. The van der Waals surface area contributed by atoms with E-state index in [0.29, 0.717) is 25.3 Å². The molecule has 5 heteroatoms. The van der Waals surface area contributed by atoms with Gasteiger partial charge in [0.25, 0.3) is 0 Å². The van der Waals surface area contributed by atoms with Gasteiger partial charge in [-0.3, -0.25) is 4.79 Å². The van der Waals surface area contributed by atoms with Crippen molar-refractivity contribution in [3.63, 3.8) is 0 Å². The van der Waals surface area contributed by atoms with E-state index in [4.69, 9.17) is 14.2 Å². The third-order valence-electron chi connectivity index (χ3n) is 5.54. The van der Waals surface area contributed by atoms with E-state index < -0.39 is 0 Å². The van der Waals surface area contributed by atoms with Crippen LogP contribution in [0, 0.1) is 5.92 Å². The first-order chi connectivity index (χ1) is 13.7. The molecule has 1 fully saturated rings. The number of methoxy groups -OCH3 is 1. The molecule has 1 amide bonds. The molecule has 0 saturated heterocycles. The van der Waals surface area contributed by atoms with Gasteiger partial charge in [0.1, 0.15) is 12.4 Å². The Morgan fingerprint density at radius 1 is 1.14 bits per heavy atom. The average molecular weight is 381 g/mol. The monoisotopic (exact) mass is 381 g/mol. The minimum Gasteiger partial charge on any atom is -0.493 e. The second kappa shape index (κ2) is 8.55. The van der Waals surface area contributed by atoms with Crippen LogP contribution >= 0.6 is 0 Å². The number of carbonyl (C=O) groups excluding carboxylic acids is 1. The molecule has 1 atom stereocenters. The van der Waals surface area contributed by atoms with Crippen LogP contribution in [-0.2, 0) is 17.8 Å². The number of rotatable bonds is 6. The van der Waals surface area contributed by atoms with Crippen molar-refractivity contribution in [2.75, 3.05) is 13.7 Å². The summed E-state index contributed by atoms with van der Waals surface area (Å²) in [5.74, 6) is 2.23. The fourth-order valence-electron chi connectivity index (χ4n) is 3.94. The summed E-state index contributed by atoms with van der Waals surface area (Å²) in [5.41, 5.74) is 2.07. The Morgan fingerprint density at radius 3 is 2.79 bits per heavy atom. The predicted octanol–water partition coefficient (Wildman–Crippen LogP) is 3.88. The van der Waals surface area contributed by atoms with E-state index >= 15 is 0 Å². The lowest BCUT2D eigenvalue weighted by molar-refractivity contribution is -0.126. The normalized spacial score (nSPS) is 18.8. The minimum atomic E-state index is -0.165. The Balaban J connectivity index is 1.34. The molecule has 5 nitrogen and oxygen atoms in total. The summed E-state index contributed by atoms with van der Waals surface area (Å²) in [5, 5.41) is 3.03. The number of hydrogen-bond acceptors (Lipinski definition) is 4. The third kappa shape index (κ3) is 4.24. The van der Waals surface area contributed by atoms with Crippen molar-refractivity contribution in [3.8, 4) is 17.2 Å². The lowest BCUT2D eigenvalue weighted by Crippen LogP contribution is -2.37. The van der Waals surface area contributed by atoms with Crippen LogP contribution in [0.5, 0.6) is 17.2 Å². The lowest BCUT2D eigenvalue weighted by Gasteiger charge is -2.24. The van der Waals surface area contributed by atoms with Crippen molar-refractivity contribution >= 4 is 5.91 Å². The van der Waals surface area contributed by atoms with Crippen LogP contribution in [0.4, 0.5) is 0 Å². The number of carbonyl (C=O) groups is 1. The Bertz CT molecular complexity index is 829. The average Bonchev–Trinajstić information content (AvgIpc) is 3.25. The molecule has 2 aromatic carbocycles. The number of amides is 1. The summed E-state index contributed by atoms with van der Waals surface area (Å²) in [6.45, 7) is 0.872. The van der Waals surface area contributed by atoms with Crippen LogP contribution in [0.15, 0.2) is 42.5 Å². The van der Waals surface area contributed by atoms with E-state index in [0.717, 1.165) is 35.5 Å². The first kappa shape index (κ1) is 18.7. The van der Waals surface area contributed by atoms with E-state index in [1.807, 2.05) is 42.5 Å². The lowest BCUT2D eigenvalue weighted by atomic mass is 9.96. The first-order valence-corrected chi connectivity index (χ1v) is 10.0. The molecule has 0 aromatic heterocycles. The van der Waals surface area contributed by atoms with Gasteiger partial charge in [0.2, 0.25) is 5.91 Å². The zero-order chi connectivity index (χ0) is 19.3. The van der Waals surface area contributed by atoms with Crippen molar-refractivity contribution in [2.24, 2.45) is 5.92 Å². The van der Waals surface area contributed by atoms with Gasteiger partial charge in [-0.15, -0.1) is 0 Å². The third-order valence-corrected chi connectivity index (χ3v) is 5.54. The number of hydrogen-bond donors (Lipinski definition) is 1. The van der Waals surface area contributed by atoms with E-state index in [9.17, 15) is 4.79 Å². The molecular weight excluding hydrogens is 354 g/mol. The molecule has 28 heavy (non-hydrogen) atoms. The number of para-hydroxylation sites is 1. The Kier molecular flexibility index (Phi) is 5.70. The molecule has 1 saturated carbocycles. The van der Waals surface area contributed by atoms with Crippen LogP contribution in [0.1, 0.15) is 36.8 Å². The van der Waals surface area contributed by atoms with Gasteiger partial charge in [0, 0.05) is 6.54 Å². The van der Waals surface area contributed by atoms with Gasteiger partial charge in [-0.1, -0.05) is 24.3 Å². The highest BCUT2D eigenvalue weighted by Gasteiger charge is 2.25. The van der Waals surface area contributed by atoms with E-state index in [1.165, 1.54) is 12.8 Å². The van der Waals surface area contributed by atoms with Gasteiger partial charge < -0.3 is 19.5 Å². The summed E-state index contributed by atoms with van der Waals surface area (Å²) in [4.78, 5) is 12.6. The van der Waals surface area contributed by atoms with Crippen LogP contribution in [0.3, 0.4) is 0 Å². The van der Waals surface area contributed by atoms with Gasteiger partial charge >= 0.3 is 0 Å². The molecule has 2 aliphatic rings. The maximum absolute atomic E-state index is 12.6. The van der Waals surface area contributed by atoms with Gasteiger partial charge in [0.05, 0.1) is 19.1 Å². The maximum Gasteiger partial charge on any atom is 0.227 e. The number of ether oxygens (including phenoxy) is 3. The molecular formula is C23H27NO4.